The predicted molar refractivity (Wildman–Crippen MR) is 89.8 cm³/mol. The van der Waals surface area contributed by atoms with Crippen LogP contribution < -0.4 is 10.1 Å². The smallest absolute Gasteiger partial charge is 0.119 e. The lowest BCUT2D eigenvalue weighted by Gasteiger charge is -2.25. The lowest BCUT2D eigenvalue weighted by Crippen LogP contribution is -2.23. The summed E-state index contributed by atoms with van der Waals surface area (Å²) in [5.41, 5.74) is 1.37. The minimum absolute atomic E-state index is 0.474. The predicted octanol–water partition coefficient (Wildman–Crippen LogP) is 5.10. The van der Waals surface area contributed by atoms with Gasteiger partial charge in [0.05, 0.1) is 7.11 Å². The Kier molecular flexibility index (Phi) is 7.08. The van der Waals surface area contributed by atoms with E-state index < -0.39 is 0 Å². The number of hydrogen-bond donors (Lipinski definition) is 1. The molecule has 21 heavy (non-hydrogen) atoms. The second-order valence-corrected chi connectivity index (χ2v) is 6.36. The topological polar surface area (TPSA) is 21.3 Å². The zero-order valence-corrected chi connectivity index (χ0v) is 13.7. The van der Waals surface area contributed by atoms with Gasteiger partial charge in [0.1, 0.15) is 5.75 Å². The zero-order chi connectivity index (χ0) is 14.9. The number of nitrogens with one attached hydrogen (secondary N) is 1. The van der Waals surface area contributed by atoms with Crippen LogP contribution in [0.1, 0.15) is 69.9 Å². The molecule has 1 unspecified atom stereocenters. The average Bonchev–Trinajstić information content (AvgIpc) is 2.56. The summed E-state index contributed by atoms with van der Waals surface area (Å²) < 4.78 is 5.38. The summed E-state index contributed by atoms with van der Waals surface area (Å²) in [6.45, 7) is 3.32. The van der Waals surface area contributed by atoms with Gasteiger partial charge in [-0.1, -0.05) is 51.2 Å². The van der Waals surface area contributed by atoms with E-state index in [0.29, 0.717) is 6.04 Å². The van der Waals surface area contributed by atoms with Gasteiger partial charge in [-0.2, -0.15) is 0 Å². The normalized spacial score (nSPS) is 17.6. The van der Waals surface area contributed by atoms with Gasteiger partial charge in [-0.3, -0.25) is 0 Å². The molecule has 0 spiro atoms. The average molecular weight is 289 g/mol. The van der Waals surface area contributed by atoms with Crippen molar-refractivity contribution in [1.29, 1.82) is 0 Å². The monoisotopic (exact) mass is 289 g/mol. The highest BCUT2D eigenvalue weighted by atomic mass is 16.5. The Morgan fingerprint density at radius 1 is 1.24 bits per heavy atom. The highest BCUT2D eigenvalue weighted by Crippen LogP contribution is 2.31. The van der Waals surface area contributed by atoms with E-state index in [1.165, 1.54) is 56.9 Å². The summed E-state index contributed by atoms with van der Waals surface area (Å²) in [5, 5.41) is 3.72. The summed E-state index contributed by atoms with van der Waals surface area (Å²) >= 11 is 0. The Hall–Kier alpha value is -1.02. The molecule has 2 nitrogen and oxygen atoms in total. The second-order valence-electron chi connectivity index (χ2n) is 6.36. The molecule has 1 aromatic rings. The fraction of sp³-hybridized carbons (Fsp3) is 0.684. The van der Waals surface area contributed by atoms with Crippen molar-refractivity contribution in [2.24, 2.45) is 5.92 Å². The van der Waals surface area contributed by atoms with Gasteiger partial charge in [-0.05, 0) is 49.4 Å². The standard InChI is InChI=1S/C19H31NO/c1-3-14-20-19(13-12-16-8-5-4-6-9-16)17-10-7-11-18(15-17)21-2/h7,10-11,15-16,19-20H,3-6,8-9,12-14H2,1-2H3. The van der Waals surface area contributed by atoms with E-state index in [1.807, 2.05) is 6.07 Å². The first-order valence-corrected chi connectivity index (χ1v) is 8.70. The van der Waals surface area contributed by atoms with Crippen LogP contribution in [0.4, 0.5) is 0 Å². The largest absolute Gasteiger partial charge is 0.497 e. The highest BCUT2D eigenvalue weighted by molar-refractivity contribution is 5.30. The molecule has 118 valence electrons. The van der Waals surface area contributed by atoms with Gasteiger partial charge in [-0.25, -0.2) is 0 Å². The molecule has 0 aromatic heterocycles. The number of ether oxygens (including phenoxy) is 1. The van der Waals surface area contributed by atoms with E-state index in [-0.39, 0.29) is 0 Å². The molecule has 2 rings (SSSR count). The van der Waals surface area contributed by atoms with E-state index in [9.17, 15) is 0 Å². The molecule has 1 aromatic carbocycles. The molecule has 1 aliphatic carbocycles. The van der Waals surface area contributed by atoms with Crippen molar-refractivity contribution in [3.8, 4) is 5.75 Å². The molecule has 0 amide bonds. The quantitative estimate of drug-likeness (QED) is 0.719. The zero-order valence-electron chi connectivity index (χ0n) is 13.7. The molecule has 1 aliphatic rings. The van der Waals surface area contributed by atoms with E-state index in [1.54, 1.807) is 7.11 Å². The molecular weight excluding hydrogens is 258 g/mol. The molecule has 1 fully saturated rings. The number of methoxy groups -OCH3 is 1. The van der Waals surface area contributed by atoms with Gasteiger partial charge in [0.25, 0.3) is 0 Å². The van der Waals surface area contributed by atoms with Crippen LogP contribution in [0.5, 0.6) is 5.75 Å². The number of rotatable bonds is 8. The first-order valence-electron chi connectivity index (χ1n) is 8.70. The Morgan fingerprint density at radius 3 is 2.76 bits per heavy atom. The molecular formula is C19H31NO. The summed E-state index contributed by atoms with van der Waals surface area (Å²) in [6, 6.07) is 9.03. The Balaban J connectivity index is 1.95. The summed E-state index contributed by atoms with van der Waals surface area (Å²) in [4.78, 5) is 0. The summed E-state index contributed by atoms with van der Waals surface area (Å²) in [6.07, 6.45) is 11.0. The molecule has 1 saturated carbocycles. The summed E-state index contributed by atoms with van der Waals surface area (Å²) in [5.74, 6) is 1.92. The van der Waals surface area contributed by atoms with Crippen LogP contribution in [0.3, 0.4) is 0 Å². The first-order chi connectivity index (χ1) is 10.3. The van der Waals surface area contributed by atoms with Crippen molar-refractivity contribution < 1.29 is 4.74 Å². The third-order valence-electron chi connectivity index (χ3n) is 4.73. The molecule has 1 N–H and O–H groups in total. The molecule has 0 aliphatic heterocycles. The molecule has 0 bridgehead atoms. The third-order valence-corrected chi connectivity index (χ3v) is 4.73. The molecule has 0 saturated heterocycles. The lowest BCUT2D eigenvalue weighted by atomic mass is 9.84. The van der Waals surface area contributed by atoms with E-state index in [0.717, 1.165) is 18.2 Å². The number of benzene rings is 1. The van der Waals surface area contributed by atoms with Crippen LogP contribution in [0.15, 0.2) is 24.3 Å². The minimum Gasteiger partial charge on any atom is -0.497 e. The fourth-order valence-electron chi connectivity index (χ4n) is 3.44. The van der Waals surface area contributed by atoms with Crippen molar-refractivity contribution in [3.63, 3.8) is 0 Å². The maximum absolute atomic E-state index is 5.38. The molecule has 2 heteroatoms. The van der Waals surface area contributed by atoms with Crippen LogP contribution in [0, 0.1) is 5.92 Å². The molecule has 0 radical (unpaired) electrons. The Morgan fingerprint density at radius 2 is 2.05 bits per heavy atom. The molecule has 1 atom stereocenters. The van der Waals surface area contributed by atoms with Crippen LogP contribution in [0.25, 0.3) is 0 Å². The fourth-order valence-corrected chi connectivity index (χ4v) is 3.44. The van der Waals surface area contributed by atoms with Crippen molar-refractivity contribution in [3.05, 3.63) is 29.8 Å². The maximum Gasteiger partial charge on any atom is 0.119 e. The van der Waals surface area contributed by atoms with Crippen molar-refractivity contribution in [2.75, 3.05) is 13.7 Å². The van der Waals surface area contributed by atoms with E-state index in [2.05, 4.69) is 30.4 Å². The summed E-state index contributed by atoms with van der Waals surface area (Å²) in [7, 11) is 1.75. The minimum atomic E-state index is 0.474. The van der Waals surface area contributed by atoms with Crippen LogP contribution in [-0.2, 0) is 0 Å². The second kappa shape index (κ2) is 9.09. The Labute approximate surface area is 130 Å². The SMILES string of the molecule is CCCNC(CCC1CCCCC1)c1cccc(OC)c1. The van der Waals surface area contributed by atoms with E-state index in [4.69, 9.17) is 4.74 Å². The maximum atomic E-state index is 5.38. The van der Waals surface area contributed by atoms with Crippen molar-refractivity contribution in [1.82, 2.24) is 5.32 Å². The van der Waals surface area contributed by atoms with Crippen molar-refractivity contribution >= 4 is 0 Å². The van der Waals surface area contributed by atoms with Crippen LogP contribution in [-0.4, -0.2) is 13.7 Å². The third kappa shape index (κ3) is 5.35. The van der Waals surface area contributed by atoms with Gasteiger partial charge >= 0.3 is 0 Å². The lowest BCUT2D eigenvalue weighted by molar-refractivity contribution is 0.314. The Bertz CT molecular complexity index is 398. The van der Waals surface area contributed by atoms with Crippen LogP contribution in [0.2, 0.25) is 0 Å². The van der Waals surface area contributed by atoms with Gasteiger partial charge in [0.2, 0.25) is 0 Å². The highest BCUT2D eigenvalue weighted by Gasteiger charge is 2.17. The van der Waals surface area contributed by atoms with E-state index >= 15 is 0 Å². The van der Waals surface area contributed by atoms with Crippen LogP contribution >= 0.6 is 0 Å². The van der Waals surface area contributed by atoms with Gasteiger partial charge < -0.3 is 10.1 Å². The molecule has 0 heterocycles. The van der Waals surface area contributed by atoms with Gasteiger partial charge in [0, 0.05) is 6.04 Å². The van der Waals surface area contributed by atoms with Gasteiger partial charge in [-0.15, -0.1) is 0 Å². The first kappa shape index (κ1) is 16.4. The van der Waals surface area contributed by atoms with Gasteiger partial charge in [0.15, 0.2) is 0 Å². The van der Waals surface area contributed by atoms with Crippen molar-refractivity contribution in [2.45, 2.75) is 64.3 Å². The number of hydrogen-bond acceptors (Lipinski definition) is 2.